The molecule has 1 aromatic carbocycles. The highest BCUT2D eigenvalue weighted by Gasteiger charge is 2.35. The van der Waals surface area contributed by atoms with Gasteiger partial charge in [0.25, 0.3) is 35.4 Å². The van der Waals surface area contributed by atoms with E-state index in [0.717, 1.165) is 74.6 Å². The van der Waals surface area contributed by atoms with Crippen molar-refractivity contribution < 1.29 is 57.7 Å². The zero-order valence-electron chi connectivity index (χ0n) is 59.6. The molecule has 0 spiro atoms. The molecule has 1 saturated carbocycles. The molecule has 9 amide bonds. The molecule has 35 nitrogen and oxygen atoms in total. The molecule has 108 heavy (non-hydrogen) atoms. The number of aliphatic hydroxyl groups excluding tert-OH is 1. The Morgan fingerprint density at radius 2 is 1.04 bits per heavy atom. The summed E-state index contributed by atoms with van der Waals surface area (Å²) in [5.41, 5.74) is 6.71. The van der Waals surface area contributed by atoms with Crippen molar-refractivity contribution >= 4 is 64.6 Å². The highest BCUT2D eigenvalue weighted by Crippen LogP contribution is 2.30. The fourth-order valence-corrected chi connectivity index (χ4v) is 13.4. The van der Waals surface area contributed by atoms with Crippen molar-refractivity contribution in [1.29, 1.82) is 0 Å². The molecule has 35 heteroatoms. The molecule has 2 atom stereocenters. The van der Waals surface area contributed by atoms with E-state index in [9.17, 15) is 43.5 Å². The number of piperidine rings is 2. The molecule has 564 valence electrons. The van der Waals surface area contributed by atoms with Crippen molar-refractivity contribution in [2.75, 3.05) is 88.3 Å². The predicted octanol–water partition coefficient (Wildman–Crippen LogP) is 5.56. The molecule has 8 aliphatic rings. The molecule has 7 aliphatic heterocycles. The van der Waals surface area contributed by atoms with Crippen LogP contribution in [0.15, 0.2) is 116 Å². The Morgan fingerprint density at radius 3 is 1.69 bits per heavy atom. The predicted molar refractivity (Wildman–Crippen MR) is 389 cm³/mol. The summed E-state index contributed by atoms with van der Waals surface area (Å²) in [5, 5.41) is 57.0. The minimum absolute atomic E-state index is 0.00160. The van der Waals surface area contributed by atoms with Gasteiger partial charge in [-0.3, -0.25) is 56.9 Å². The first-order valence-corrected chi connectivity index (χ1v) is 36.5. The summed E-state index contributed by atoms with van der Waals surface area (Å²) in [5.74, 6) is -2.46. The van der Waals surface area contributed by atoms with Crippen molar-refractivity contribution in [2.24, 2.45) is 7.05 Å². The first kappa shape index (κ1) is 72.9. The summed E-state index contributed by atoms with van der Waals surface area (Å²) in [6.07, 6.45) is 23.6. The molecule has 3 saturated heterocycles. The van der Waals surface area contributed by atoms with Crippen LogP contribution in [-0.2, 0) is 40.9 Å². The number of hydrogen-bond donors (Lipinski definition) is 8. The van der Waals surface area contributed by atoms with E-state index in [2.05, 4.69) is 77.8 Å². The number of nitrogens with one attached hydrogen (secondary N) is 7. The molecular formula is C73H85N23O12. The van der Waals surface area contributed by atoms with Gasteiger partial charge in [0, 0.05) is 125 Å². The maximum Gasteiger partial charge on any atom is 0.409 e. The lowest BCUT2D eigenvalue weighted by Gasteiger charge is -2.35. The van der Waals surface area contributed by atoms with E-state index in [1.807, 2.05) is 46.2 Å². The van der Waals surface area contributed by atoms with Gasteiger partial charge in [0.05, 0.1) is 104 Å². The van der Waals surface area contributed by atoms with Gasteiger partial charge in [0.2, 0.25) is 0 Å². The van der Waals surface area contributed by atoms with Crippen LogP contribution in [0.5, 0.6) is 0 Å². The smallest absolute Gasteiger partial charge is 0.409 e. The quantitative estimate of drug-likeness (QED) is 0.107. The standard InChI is InChI=1S/C28H35N9O3.C23H26N6O4.C22H24N8O5/c38-26-23-7-5-6-22(32-23)19-16-30-36(17-19)13-4-2-1-3-12-29-27(39)25-24(33-26)18-37(34-25)21-10-14-35(15-11-21)28(40)31-20-8-9-20;30-22-17-3-1-2-16(12-17)18-13-25-28(14-18)7-11-33-10-6-24-23(31)21-20(26-22)15-29(27-21)19-4-8-32-9-5-19;1-28-11-17-19(27-28)21(33)25-15-5-6-29(12-18(15)31)22(34)35-8-7-30-10-13(9-23-30)14-3-2-4-16(24-14)20(32)26-17/h5-7,16-18,20-21H,1-4,8-15H2,(H,29,39)(H,31,40)(H,33,38);1-3,12-15,19H,4-11H2,(H,24,31)(H,26,30);2-4,9-11,15,18,31H,5-8,12H2,1H3,(H,25,33)(H,26,32). The second kappa shape index (κ2) is 33.6. The van der Waals surface area contributed by atoms with Crippen molar-refractivity contribution in [2.45, 2.75) is 121 Å². The van der Waals surface area contributed by atoms with Crippen molar-refractivity contribution in [3.05, 3.63) is 150 Å². The molecule has 2 unspecified atom stereocenters. The summed E-state index contributed by atoms with van der Waals surface area (Å²) >= 11 is 0. The van der Waals surface area contributed by atoms with Crippen molar-refractivity contribution in [3.8, 4) is 33.6 Å². The number of aromatic nitrogens is 14. The van der Waals surface area contributed by atoms with Gasteiger partial charge in [0.15, 0.2) is 17.1 Å². The SMILES string of the molecule is Cn1cc2c(n1)C(=O)NC1CCN(CC1O)C(=O)OCCn1cc(cn1)-c1cccc(n1)C(=O)N2.O=C1Nc2cn(C3CCN(C(=O)NC4CC4)CC3)nc2C(=O)NCCCCCCn2cc(cn2)-c2cccc1n2.O=C1Nc2cn(C3CCOCC3)nc2C(=O)NCCOCCn2cc(cn2)-c2cccc1c2. The second-order valence-corrected chi connectivity index (χ2v) is 27.4. The zero-order chi connectivity index (χ0) is 74.6. The average Bonchev–Trinajstić information content (AvgIpc) is 1.65. The Hall–Kier alpha value is -12.0. The number of aliphatic hydroxyl groups is 1. The lowest BCUT2D eigenvalue weighted by Crippen LogP contribution is -2.55. The zero-order valence-corrected chi connectivity index (χ0v) is 59.6. The van der Waals surface area contributed by atoms with Crippen molar-refractivity contribution in [3.63, 3.8) is 0 Å². The van der Waals surface area contributed by atoms with Crippen LogP contribution in [-0.4, -0.2) is 222 Å². The van der Waals surface area contributed by atoms with E-state index in [4.69, 9.17) is 14.2 Å². The van der Waals surface area contributed by atoms with E-state index < -0.39 is 36.0 Å². The van der Waals surface area contributed by atoms with Crippen LogP contribution >= 0.6 is 0 Å². The van der Waals surface area contributed by atoms with Gasteiger partial charge in [-0.2, -0.15) is 30.6 Å². The van der Waals surface area contributed by atoms with Gasteiger partial charge in [-0.15, -0.1) is 0 Å². The van der Waals surface area contributed by atoms with E-state index in [1.165, 1.54) is 15.8 Å². The Bertz CT molecular complexity index is 4750. The van der Waals surface area contributed by atoms with Gasteiger partial charge in [-0.25, -0.2) is 19.6 Å². The number of benzene rings is 1. The molecule has 17 rings (SSSR count). The highest BCUT2D eigenvalue weighted by molar-refractivity contribution is 6.10. The van der Waals surface area contributed by atoms with E-state index in [1.54, 1.807) is 99.4 Å². The number of hydrogen-bond acceptors (Lipinski definition) is 20. The lowest BCUT2D eigenvalue weighted by molar-refractivity contribution is 0.0279. The molecule has 4 fully saturated rings. The summed E-state index contributed by atoms with van der Waals surface area (Å²) < 4.78 is 26.7. The second-order valence-electron chi connectivity index (χ2n) is 27.4. The molecule has 14 bridgehead atoms. The summed E-state index contributed by atoms with van der Waals surface area (Å²) in [7, 11) is 1.63. The number of anilines is 3. The Kier molecular flexibility index (Phi) is 22.7. The maximum absolute atomic E-state index is 13.3. The number of carbonyl (C=O) groups excluding carboxylic acids is 8. The number of fused-ring (bicyclic) bond motifs is 19. The summed E-state index contributed by atoms with van der Waals surface area (Å²) in [6.45, 7) is 6.35. The number of likely N-dealkylation sites (tertiary alicyclic amines) is 1. The van der Waals surface area contributed by atoms with Crippen LogP contribution in [0.2, 0.25) is 0 Å². The van der Waals surface area contributed by atoms with Crippen LogP contribution in [0.4, 0.5) is 26.7 Å². The number of nitrogens with zero attached hydrogens (tertiary/aromatic N) is 16. The van der Waals surface area contributed by atoms with Gasteiger partial charge in [-0.1, -0.05) is 37.1 Å². The van der Waals surface area contributed by atoms with Crippen LogP contribution in [0.25, 0.3) is 33.6 Å². The van der Waals surface area contributed by atoms with Gasteiger partial charge < -0.3 is 66.3 Å². The fourth-order valence-electron chi connectivity index (χ4n) is 13.4. The number of aryl methyl sites for hydroxylation is 2. The first-order valence-electron chi connectivity index (χ1n) is 36.5. The van der Waals surface area contributed by atoms with Crippen LogP contribution in [0.3, 0.4) is 0 Å². The van der Waals surface area contributed by atoms with Gasteiger partial charge in [-0.05, 0) is 99.7 Å². The van der Waals surface area contributed by atoms with Gasteiger partial charge >= 0.3 is 12.1 Å². The largest absolute Gasteiger partial charge is 0.447 e. The van der Waals surface area contributed by atoms with Crippen LogP contribution in [0, 0.1) is 0 Å². The van der Waals surface area contributed by atoms with E-state index in [0.29, 0.717) is 131 Å². The number of amides is 9. The van der Waals surface area contributed by atoms with Crippen LogP contribution < -0.4 is 37.2 Å². The topological polar surface area (TPSA) is 408 Å². The molecule has 8 aromatic heterocycles. The number of urea groups is 1. The number of carbonyl (C=O) groups is 8. The molecule has 15 heterocycles. The minimum Gasteiger partial charge on any atom is -0.447 e. The Balaban J connectivity index is 0.000000136. The molecule has 9 aromatic rings. The number of ether oxygens (including phenoxy) is 3. The third-order valence-electron chi connectivity index (χ3n) is 19.5. The maximum atomic E-state index is 13.3. The molecular weight excluding hydrogens is 1390 g/mol. The number of rotatable bonds is 3. The van der Waals surface area contributed by atoms with Crippen molar-refractivity contribution in [1.82, 2.24) is 99.7 Å². The summed E-state index contributed by atoms with van der Waals surface area (Å²) in [4.78, 5) is 115. The first-order chi connectivity index (χ1) is 52.6. The fraction of sp³-hybridized carbons (Fsp3) is 0.425. The Labute approximate surface area is 619 Å². The molecule has 8 N–H and O–H groups in total. The highest BCUT2D eigenvalue weighted by atomic mass is 16.6. The van der Waals surface area contributed by atoms with E-state index >= 15 is 0 Å². The lowest BCUT2D eigenvalue weighted by atomic mass is 10.0. The Morgan fingerprint density at radius 1 is 0.491 bits per heavy atom. The molecule has 0 radical (unpaired) electrons. The third kappa shape index (κ3) is 18.1. The minimum atomic E-state index is -0.992. The normalized spacial score (nSPS) is 19.5. The molecule has 1 aliphatic carbocycles. The van der Waals surface area contributed by atoms with Gasteiger partial charge in [0.1, 0.15) is 18.0 Å². The van der Waals surface area contributed by atoms with E-state index in [-0.39, 0.29) is 83.1 Å². The average molecular weight is 1480 g/mol. The summed E-state index contributed by atoms with van der Waals surface area (Å²) in [6, 6.07) is 17.5. The number of pyridine rings is 2. The third-order valence-corrected chi connectivity index (χ3v) is 19.5. The van der Waals surface area contributed by atoms with Crippen LogP contribution in [0.1, 0.15) is 146 Å². The monoisotopic (exact) mass is 1480 g/mol.